The molecule has 6 atom stereocenters. The Morgan fingerprint density at radius 3 is 2.53 bits per heavy atom. The number of aliphatic hydroxyl groups is 2. The normalized spacial score (nSPS) is 25.2. The van der Waals surface area contributed by atoms with Gasteiger partial charge in [0.1, 0.15) is 30.1 Å². The number of carbonyl (C=O) groups is 1. The molecule has 1 heterocycles. The number of hydrogen-bond donors (Lipinski definition) is 4. The number of ketones is 1. The Morgan fingerprint density at radius 2 is 1.78 bits per heavy atom. The van der Waals surface area contributed by atoms with Gasteiger partial charge in [-0.1, -0.05) is 60.9 Å². The van der Waals surface area contributed by atoms with Gasteiger partial charge in [-0.15, -0.1) is 5.92 Å². The Morgan fingerprint density at radius 1 is 1.03 bits per heavy atom. The molecule has 2 fully saturated rings. The van der Waals surface area contributed by atoms with Gasteiger partial charge in [-0.2, -0.15) is 5.26 Å². The van der Waals surface area contributed by atoms with E-state index in [-0.39, 0.29) is 29.3 Å². The number of carbonyl (C=O) groups excluding carboxylic acids is 1. The summed E-state index contributed by atoms with van der Waals surface area (Å²) in [6.07, 6.45) is 10.4. The summed E-state index contributed by atoms with van der Waals surface area (Å²) >= 11 is 0. The smallest absolute Gasteiger partial charge is 0.156 e. The Kier molecular flexibility index (Phi) is 12.3. The van der Waals surface area contributed by atoms with E-state index in [0.717, 1.165) is 50.5 Å². The summed E-state index contributed by atoms with van der Waals surface area (Å²) in [4.78, 5) is 17.6. The number of para-hydroxylation sites is 2. The van der Waals surface area contributed by atoms with Gasteiger partial charge < -0.3 is 30.2 Å². The third-order valence-corrected chi connectivity index (χ3v) is 13.6. The van der Waals surface area contributed by atoms with E-state index in [0.29, 0.717) is 36.1 Å². The number of aromatic amines is 1. The summed E-state index contributed by atoms with van der Waals surface area (Å²) < 4.78 is 5.60. The molecule has 0 amide bonds. The van der Waals surface area contributed by atoms with Crippen LogP contribution in [0.25, 0.3) is 10.9 Å². The van der Waals surface area contributed by atoms with Gasteiger partial charge in [0.25, 0.3) is 0 Å². The van der Waals surface area contributed by atoms with Crippen LogP contribution in [-0.4, -0.2) is 65.5 Å². The summed E-state index contributed by atoms with van der Waals surface area (Å²) in [5.74, 6) is 8.26. The molecule has 59 heavy (non-hydrogen) atoms. The molecule has 0 saturated heterocycles. The van der Waals surface area contributed by atoms with E-state index >= 15 is 0 Å². The molecule has 8 rings (SSSR count). The first-order valence-corrected chi connectivity index (χ1v) is 21.3. The molecule has 1 aromatic heterocycles. The topological polar surface area (TPSA) is 122 Å². The number of hydrogen-bond acceptors (Lipinski definition) is 7. The van der Waals surface area contributed by atoms with E-state index in [1.54, 1.807) is 23.8 Å². The summed E-state index contributed by atoms with van der Waals surface area (Å²) in [7, 11) is 4.14. The van der Waals surface area contributed by atoms with Crippen molar-refractivity contribution in [1.29, 1.82) is 5.26 Å². The molecule has 0 spiro atoms. The number of rotatable bonds is 10. The van der Waals surface area contributed by atoms with Gasteiger partial charge in [-0.25, -0.2) is 0 Å². The van der Waals surface area contributed by atoms with Crippen molar-refractivity contribution in [1.82, 2.24) is 10.3 Å². The van der Waals surface area contributed by atoms with Crippen molar-refractivity contribution in [2.75, 3.05) is 32.1 Å². The monoisotopic (exact) mass is 792 g/mol. The number of benzene rings is 3. The molecule has 308 valence electrons. The van der Waals surface area contributed by atoms with Gasteiger partial charge in [0.05, 0.1) is 5.56 Å². The zero-order valence-corrected chi connectivity index (χ0v) is 35.6. The number of aliphatic hydroxyl groups excluding tert-OH is 1. The molecular formula is C51H60N4O4. The lowest BCUT2D eigenvalue weighted by Gasteiger charge is -2.53. The minimum Gasteiger partial charge on any atom is -0.489 e. The summed E-state index contributed by atoms with van der Waals surface area (Å²) in [6.45, 7) is 8.92. The fourth-order valence-electron chi connectivity index (χ4n) is 10.5. The summed E-state index contributed by atoms with van der Waals surface area (Å²) in [6, 6.07) is 26.3. The van der Waals surface area contributed by atoms with Crippen LogP contribution in [-0.2, 0) is 11.2 Å². The van der Waals surface area contributed by atoms with Crippen molar-refractivity contribution < 1.29 is 19.7 Å². The number of β-amino-alcohol motifs (C(OH)–C–C–N with tert-alkyl or cyclic N) is 1. The molecule has 4 aliphatic rings. The predicted molar refractivity (Wildman–Crippen MR) is 236 cm³/mol. The number of aromatic nitrogens is 1. The first-order valence-electron chi connectivity index (χ1n) is 21.3. The lowest BCUT2D eigenvalue weighted by atomic mass is 9.51. The van der Waals surface area contributed by atoms with E-state index in [4.69, 9.17) is 10.00 Å². The van der Waals surface area contributed by atoms with Crippen molar-refractivity contribution in [3.05, 3.63) is 118 Å². The Hall–Kier alpha value is -5.12. The van der Waals surface area contributed by atoms with Crippen molar-refractivity contribution in [3.8, 4) is 23.7 Å². The molecule has 0 bridgehead atoms. The number of nitriles is 1. The van der Waals surface area contributed by atoms with Gasteiger partial charge in [0.2, 0.25) is 0 Å². The average molecular weight is 793 g/mol. The second kappa shape index (κ2) is 17.2. The minimum absolute atomic E-state index is 0.134. The highest BCUT2D eigenvalue weighted by Crippen LogP contribution is 2.66. The Bertz CT molecular complexity index is 2340. The average Bonchev–Trinajstić information content (AvgIpc) is 3.75. The van der Waals surface area contributed by atoms with Crippen LogP contribution in [0.2, 0.25) is 0 Å². The van der Waals surface area contributed by atoms with Crippen LogP contribution < -0.4 is 15.0 Å². The fourth-order valence-corrected chi connectivity index (χ4v) is 10.5. The number of ether oxygens (including phenoxy) is 1. The first kappa shape index (κ1) is 42.0. The van der Waals surface area contributed by atoms with E-state index < -0.39 is 11.7 Å². The van der Waals surface area contributed by atoms with E-state index in [1.165, 1.54) is 33.3 Å². The fraction of sp³-hybridized carbons (Fsp3) is 0.451. The predicted octanol–water partition coefficient (Wildman–Crippen LogP) is 8.80. The second-order valence-corrected chi connectivity index (χ2v) is 18.1. The van der Waals surface area contributed by atoms with Crippen molar-refractivity contribution in [3.63, 3.8) is 0 Å². The molecule has 4 aromatic rings. The Labute approximate surface area is 350 Å². The third-order valence-electron chi connectivity index (χ3n) is 13.6. The van der Waals surface area contributed by atoms with Crippen molar-refractivity contribution in [2.24, 2.45) is 17.3 Å². The molecule has 1 unspecified atom stereocenters. The molecular weight excluding hydrogens is 733 g/mol. The summed E-state index contributed by atoms with van der Waals surface area (Å²) in [5.41, 5.74) is 8.38. The zero-order chi connectivity index (χ0) is 42.0. The van der Waals surface area contributed by atoms with Crippen LogP contribution in [0.1, 0.15) is 95.2 Å². The van der Waals surface area contributed by atoms with Gasteiger partial charge in [-0.3, -0.25) is 4.79 Å². The number of allylic oxidation sites excluding steroid dienone is 4. The summed E-state index contributed by atoms with van der Waals surface area (Å²) in [5, 5.41) is 35.7. The number of nitrogens with one attached hydrogen (secondary N) is 2. The van der Waals surface area contributed by atoms with Crippen LogP contribution >= 0.6 is 0 Å². The highest BCUT2D eigenvalue weighted by molar-refractivity contribution is 5.93. The van der Waals surface area contributed by atoms with Crippen LogP contribution in [0.3, 0.4) is 0 Å². The quantitative estimate of drug-likeness (QED) is 0.119. The number of anilines is 1. The van der Waals surface area contributed by atoms with E-state index in [9.17, 15) is 15.0 Å². The SMILES string of the molecule is CC#C[C@]1(O)CC[C@H]2[C@@H]3CCC4=CC(=O)CCC4=C3[C@@H](c3ccc(N(C)C)cc3)C[C@@]21C.CC(C)(Cc1c[nH]c2ccccc12)NCC(O)COc1ccccc1C#N. The zero-order valence-electron chi connectivity index (χ0n) is 35.6. The lowest BCUT2D eigenvalue weighted by Crippen LogP contribution is -2.51. The number of H-pyrrole nitrogens is 1. The van der Waals surface area contributed by atoms with Crippen LogP contribution in [0.5, 0.6) is 5.75 Å². The third kappa shape index (κ3) is 8.64. The van der Waals surface area contributed by atoms with E-state index in [1.807, 2.05) is 37.4 Å². The van der Waals surface area contributed by atoms with Crippen molar-refractivity contribution >= 4 is 22.4 Å². The van der Waals surface area contributed by atoms with E-state index in [2.05, 4.69) is 104 Å². The van der Waals surface area contributed by atoms with Crippen LogP contribution in [0, 0.1) is 40.4 Å². The molecule has 0 radical (unpaired) electrons. The molecule has 8 nitrogen and oxygen atoms in total. The van der Waals surface area contributed by atoms with Gasteiger partial charge >= 0.3 is 0 Å². The van der Waals surface area contributed by atoms with Crippen LogP contribution in [0.15, 0.2) is 102 Å². The second-order valence-electron chi connectivity index (χ2n) is 18.1. The highest BCUT2D eigenvalue weighted by Gasteiger charge is 2.62. The molecule has 3 aromatic carbocycles. The molecule has 4 N–H and O–H groups in total. The highest BCUT2D eigenvalue weighted by atomic mass is 16.5. The maximum Gasteiger partial charge on any atom is 0.156 e. The molecule has 4 aliphatic carbocycles. The molecule has 8 heteroatoms. The van der Waals surface area contributed by atoms with Gasteiger partial charge in [-0.05, 0) is 136 Å². The largest absolute Gasteiger partial charge is 0.489 e. The number of nitrogens with zero attached hydrogens (tertiary/aromatic N) is 2. The standard InChI is InChI=1S/C29H35NO2.C22H25N3O2/c1-5-15-29(32)16-14-26-24-12-8-20-17-22(31)11-13-23(20)27(24)25(18-28(26,29)2)19-6-9-21(10-7-19)30(3)4;1-22(2,11-17-13-24-20-9-5-4-8-19(17)20)25-14-18(26)15-27-21-10-6-3-7-16(21)12-23/h6-7,9-10,17,24-26,32H,8,11-14,16,18H2,1-4H3;3-10,13,18,24-26H,11,14-15H2,1-2H3/t24-,25+,26-,28-,29-;/m0./s1. The Balaban J connectivity index is 0.000000182. The molecule has 2 saturated carbocycles. The maximum absolute atomic E-state index is 12.2. The van der Waals surface area contributed by atoms with Gasteiger partial charge in [0, 0.05) is 66.7 Å². The first-order chi connectivity index (χ1) is 28.3. The van der Waals surface area contributed by atoms with Crippen LogP contribution in [0.4, 0.5) is 5.69 Å². The molecule has 0 aliphatic heterocycles. The maximum atomic E-state index is 12.2. The van der Waals surface area contributed by atoms with Gasteiger partial charge in [0.15, 0.2) is 5.78 Å². The number of fused-ring (bicyclic) bond motifs is 5. The minimum atomic E-state index is -0.914. The van der Waals surface area contributed by atoms with Crippen molar-refractivity contribution in [2.45, 2.75) is 102 Å². The lowest BCUT2D eigenvalue weighted by molar-refractivity contribution is -0.114.